The molecule has 1 atom stereocenters. The molecule has 1 N–H and O–H groups in total. The maximum Gasteiger partial charge on any atom is 0.239 e. The van der Waals surface area contributed by atoms with Crippen LogP contribution in [0, 0.1) is 0 Å². The molecule has 0 unspecified atom stereocenters. The Morgan fingerprint density at radius 1 is 1.54 bits per heavy atom. The Kier molecular flexibility index (Phi) is 2.36. The van der Waals surface area contributed by atoms with Gasteiger partial charge in [0.05, 0.1) is 6.10 Å². The zero-order valence-corrected chi connectivity index (χ0v) is 9.09. The van der Waals surface area contributed by atoms with Crippen LogP contribution in [0.3, 0.4) is 0 Å². The number of hydrogen-bond donors (Lipinski definition) is 1. The van der Waals surface area contributed by atoms with Crippen molar-refractivity contribution in [2.75, 3.05) is 13.1 Å². The zero-order chi connectivity index (χ0) is 9.47. The molecule has 4 heteroatoms. The number of likely N-dealkylation sites (tertiary alicyclic amines) is 1. The molecule has 3 nitrogen and oxygen atoms in total. The fourth-order valence-corrected chi connectivity index (χ4v) is 2.72. The molecule has 2 rings (SSSR count). The van der Waals surface area contributed by atoms with Crippen molar-refractivity contribution in [2.45, 2.75) is 36.1 Å². The fourth-order valence-electron chi connectivity index (χ4n) is 1.91. The van der Waals surface area contributed by atoms with E-state index in [1.54, 1.807) is 4.90 Å². The lowest BCUT2D eigenvalue weighted by atomic mass is 9.84. The maximum atomic E-state index is 11.9. The molecule has 2 aliphatic rings. The van der Waals surface area contributed by atoms with E-state index in [2.05, 4.69) is 15.9 Å². The highest BCUT2D eigenvalue weighted by Crippen LogP contribution is 2.42. The lowest BCUT2D eigenvalue weighted by molar-refractivity contribution is -0.134. The van der Waals surface area contributed by atoms with Crippen LogP contribution in [0.4, 0.5) is 0 Å². The van der Waals surface area contributed by atoms with E-state index in [0.29, 0.717) is 13.1 Å². The minimum atomic E-state index is -0.305. The van der Waals surface area contributed by atoms with Gasteiger partial charge in [-0.3, -0.25) is 4.79 Å². The van der Waals surface area contributed by atoms with Gasteiger partial charge in [0.15, 0.2) is 0 Å². The van der Waals surface area contributed by atoms with E-state index in [1.165, 1.54) is 0 Å². The number of alkyl halides is 1. The van der Waals surface area contributed by atoms with E-state index >= 15 is 0 Å². The van der Waals surface area contributed by atoms with Crippen molar-refractivity contribution in [1.82, 2.24) is 4.90 Å². The smallest absolute Gasteiger partial charge is 0.239 e. The van der Waals surface area contributed by atoms with Gasteiger partial charge in [-0.15, -0.1) is 0 Å². The summed E-state index contributed by atoms with van der Waals surface area (Å²) in [5.41, 5.74) is 0. The number of carbonyl (C=O) groups excluding carboxylic acids is 1. The molecule has 1 saturated heterocycles. The Balaban J connectivity index is 1.97. The molecular weight excluding hydrogens is 234 g/mol. The molecule has 2 fully saturated rings. The average molecular weight is 248 g/mol. The average Bonchev–Trinajstić information content (AvgIpc) is 2.46. The van der Waals surface area contributed by atoms with E-state index in [1.807, 2.05) is 0 Å². The number of carbonyl (C=O) groups is 1. The van der Waals surface area contributed by atoms with Crippen LogP contribution in [-0.2, 0) is 4.79 Å². The first kappa shape index (κ1) is 9.46. The number of aliphatic hydroxyl groups is 1. The Bertz CT molecular complexity index is 228. The molecule has 0 aromatic heterocycles. The molecule has 0 bridgehead atoms. The summed E-state index contributed by atoms with van der Waals surface area (Å²) in [5, 5.41) is 9.30. The highest BCUT2D eigenvalue weighted by atomic mass is 79.9. The Morgan fingerprint density at radius 2 is 2.23 bits per heavy atom. The normalized spacial score (nSPS) is 31.5. The molecule has 0 aromatic rings. The van der Waals surface area contributed by atoms with Gasteiger partial charge in [-0.25, -0.2) is 0 Å². The number of aliphatic hydroxyl groups excluding tert-OH is 1. The van der Waals surface area contributed by atoms with E-state index in [9.17, 15) is 9.90 Å². The van der Waals surface area contributed by atoms with Crippen molar-refractivity contribution in [2.24, 2.45) is 0 Å². The van der Waals surface area contributed by atoms with Crippen LogP contribution in [0.15, 0.2) is 0 Å². The van der Waals surface area contributed by atoms with Crippen LogP contribution in [-0.4, -0.2) is 39.4 Å². The van der Waals surface area contributed by atoms with Crippen LogP contribution in [0.5, 0.6) is 0 Å². The highest BCUT2D eigenvalue weighted by Gasteiger charge is 2.45. The van der Waals surface area contributed by atoms with E-state index < -0.39 is 0 Å². The third-order valence-electron chi connectivity index (χ3n) is 2.98. The van der Waals surface area contributed by atoms with Gasteiger partial charge < -0.3 is 10.0 Å². The second-order valence-corrected chi connectivity index (χ2v) is 5.53. The Morgan fingerprint density at radius 3 is 2.62 bits per heavy atom. The van der Waals surface area contributed by atoms with Crippen molar-refractivity contribution >= 4 is 21.8 Å². The Labute approximate surface area is 86.2 Å². The third kappa shape index (κ3) is 1.62. The molecule has 0 spiro atoms. The van der Waals surface area contributed by atoms with Gasteiger partial charge in [-0.1, -0.05) is 15.9 Å². The molecule has 0 aromatic carbocycles. The molecule has 1 amide bonds. The van der Waals surface area contributed by atoms with E-state index in [4.69, 9.17) is 0 Å². The number of halogens is 1. The second-order valence-electron chi connectivity index (χ2n) is 4.01. The summed E-state index contributed by atoms with van der Waals surface area (Å²) >= 11 is 3.49. The van der Waals surface area contributed by atoms with Gasteiger partial charge in [0, 0.05) is 13.1 Å². The van der Waals surface area contributed by atoms with Crippen molar-refractivity contribution < 1.29 is 9.90 Å². The molecule has 13 heavy (non-hydrogen) atoms. The summed E-state index contributed by atoms with van der Waals surface area (Å²) < 4.78 is -0.281. The molecule has 1 heterocycles. The first-order valence-electron chi connectivity index (χ1n) is 4.78. The number of nitrogens with zero attached hydrogens (tertiary/aromatic N) is 1. The Hall–Kier alpha value is -0.0900. The van der Waals surface area contributed by atoms with Gasteiger partial charge >= 0.3 is 0 Å². The summed E-state index contributed by atoms with van der Waals surface area (Å²) in [6.45, 7) is 1.24. The van der Waals surface area contributed by atoms with Gasteiger partial charge in [-0.2, -0.15) is 0 Å². The predicted octanol–water partition coefficient (Wildman–Crippen LogP) is 0.897. The SMILES string of the molecule is O=C(N1CC[C@H](O)C1)C1(Br)CCC1. The van der Waals surface area contributed by atoms with E-state index in [-0.39, 0.29) is 16.3 Å². The summed E-state index contributed by atoms with van der Waals surface area (Å²) in [7, 11) is 0. The second kappa shape index (κ2) is 3.24. The quantitative estimate of drug-likeness (QED) is 0.700. The molecule has 0 radical (unpaired) electrons. The van der Waals surface area contributed by atoms with Crippen LogP contribution >= 0.6 is 15.9 Å². The minimum absolute atomic E-state index is 0.176. The molecular formula is C9H14BrNO2. The minimum Gasteiger partial charge on any atom is -0.391 e. The first-order valence-corrected chi connectivity index (χ1v) is 5.57. The van der Waals surface area contributed by atoms with Gasteiger partial charge in [-0.05, 0) is 25.7 Å². The molecule has 1 saturated carbocycles. The summed E-state index contributed by atoms with van der Waals surface area (Å²) in [4.78, 5) is 13.6. The number of amides is 1. The highest BCUT2D eigenvalue weighted by molar-refractivity contribution is 9.10. The topological polar surface area (TPSA) is 40.5 Å². The lowest BCUT2D eigenvalue weighted by Gasteiger charge is -2.37. The van der Waals surface area contributed by atoms with Crippen molar-refractivity contribution in [3.8, 4) is 0 Å². The number of rotatable bonds is 1. The largest absolute Gasteiger partial charge is 0.391 e. The van der Waals surface area contributed by atoms with E-state index in [0.717, 1.165) is 25.7 Å². The standard InChI is InChI=1S/C9H14BrNO2/c10-9(3-1-4-9)8(13)11-5-2-7(12)6-11/h7,12H,1-6H2/t7-/m0/s1. The van der Waals surface area contributed by atoms with Crippen molar-refractivity contribution in [1.29, 1.82) is 0 Å². The monoisotopic (exact) mass is 247 g/mol. The van der Waals surface area contributed by atoms with Gasteiger partial charge in [0.2, 0.25) is 5.91 Å². The lowest BCUT2D eigenvalue weighted by Crippen LogP contribution is -2.48. The van der Waals surface area contributed by atoms with Crippen LogP contribution in [0.2, 0.25) is 0 Å². The fraction of sp³-hybridized carbons (Fsp3) is 0.889. The van der Waals surface area contributed by atoms with Crippen LogP contribution in [0.1, 0.15) is 25.7 Å². The predicted molar refractivity (Wildman–Crippen MR) is 52.7 cm³/mol. The number of hydrogen-bond acceptors (Lipinski definition) is 2. The zero-order valence-electron chi connectivity index (χ0n) is 7.50. The van der Waals surface area contributed by atoms with Crippen molar-refractivity contribution in [3.63, 3.8) is 0 Å². The van der Waals surface area contributed by atoms with Crippen LogP contribution in [0.25, 0.3) is 0 Å². The molecule has 1 aliphatic carbocycles. The van der Waals surface area contributed by atoms with Gasteiger partial charge in [0.25, 0.3) is 0 Å². The first-order chi connectivity index (χ1) is 6.12. The molecule has 74 valence electrons. The summed E-state index contributed by atoms with van der Waals surface area (Å²) in [5.74, 6) is 0.176. The maximum absolute atomic E-state index is 11.9. The third-order valence-corrected chi connectivity index (χ3v) is 4.11. The molecule has 1 aliphatic heterocycles. The van der Waals surface area contributed by atoms with Gasteiger partial charge in [0.1, 0.15) is 4.32 Å². The number of β-amino-alcohol motifs (C(OH)–C–C–N with tert-alkyl or cyclic N) is 1. The van der Waals surface area contributed by atoms with Crippen molar-refractivity contribution in [3.05, 3.63) is 0 Å². The summed E-state index contributed by atoms with van der Waals surface area (Å²) in [6, 6.07) is 0. The summed E-state index contributed by atoms with van der Waals surface area (Å²) in [6.07, 6.45) is 3.44. The van der Waals surface area contributed by atoms with Crippen LogP contribution < -0.4 is 0 Å².